The van der Waals surface area contributed by atoms with Gasteiger partial charge < -0.3 is 24.8 Å². The Morgan fingerprint density at radius 3 is 1.68 bits per heavy atom. The Labute approximate surface area is 231 Å². The summed E-state index contributed by atoms with van der Waals surface area (Å²) in [5.74, 6) is 0.556. The molecule has 0 spiro atoms. The van der Waals surface area contributed by atoms with E-state index in [4.69, 9.17) is 0 Å². The zero-order valence-corrected chi connectivity index (χ0v) is 23.5. The fraction of sp³-hybridized carbons (Fsp3) is 0.0968. The van der Waals surface area contributed by atoms with Crippen LogP contribution in [0.5, 0.6) is 0 Å². The predicted molar refractivity (Wildman–Crippen MR) is 140 cm³/mol. The molecule has 0 nitrogen and oxygen atoms in total. The number of halogens is 2. The minimum atomic E-state index is 0. The summed E-state index contributed by atoms with van der Waals surface area (Å²) in [7, 11) is 0. The SMILES string of the molecule is C=Cc1ccc2[cH-]c3ccc(C=C)cc3c2c1.CC1=CC(C)[C-]=C1.[Cl-].[Cl-].[Zr+2]=[CH]c1ccccc1. The second-order valence-electron chi connectivity index (χ2n) is 7.81. The topological polar surface area (TPSA) is 0 Å². The van der Waals surface area contributed by atoms with Gasteiger partial charge in [-0.05, 0) is 11.1 Å². The van der Waals surface area contributed by atoms with Gasteiger partial charge in [0.2, 0.25) is 0 Å². The Hall–Kier alpha value is -2.18. The van der Waals surface area contributed by atoms with Crippen molar-refractivity contribution in [2.75, 3.05) is 0 Å². The summed E-state index contributed by atoms with van der Waals surface area (Å²) in [6, 6.07) is 25.5. The van der Waals surface area contributed by atoms with Crippen molar-refractivity contribution in [1.29, 1.82) is 0 Å². The summed E-state index contributed by atoms with van der Waals surface area (Å²) in [5, 5.41) is 5.15. The molecule has 0 saturated carbocycles. The average Bonchev–Trinajstić information content (AvgIpc) is 3.40. The van der Waals surface area contributed by atoms with Crippen molar-refractivity contribution in [3.8, 4) is 0 Å². The monoisotopic (exact) mass is 560 g/mol. The minimum absolute atomic E-state index is 0. The molecule has 4 aromatic carbocycles. The van der Waals surface area contributed by atoms with Crippen LogP contribution in [0.3, 0.4) is 0 Å². The van der Waals surface area contributed by atoms with Crippen LogP contribution in [0.15, 0.2) is 104 Å². The van der Waals surface area contributed by atoms with Gasteiger partial charge in [-0.1, -0.05) is 62.4 Å². The Morgan fingerprint density at radius 1 is 0.824 bits per heavy atom. The second-order valence-corrected chi connectivity index (χ2v) is 8.52. The molecule has 1 aliphatic rings. The van der Waals surface area contributed by atoms with E-state index in [2.05, 4.69) is 110 Å². The molecule has 34 heavy (non-hydrogen) atoms. The molecule has 0 aliphatic heterocycles. The average molecular weight is 563 g/mol. The summed E-state index contributed by atoms with van der Waals surface area (Å²) >= 11 is 1.46. The van der Waals surface area contributed by atoms with Crippen LogP contribution in [-0.4, -0.2) is 3.71 Å². The van der Waals surface area contributed by atoms with Crippen LogP contribution in [0.4, 0.5) is 0 Å². The van der Waals surface area contributed by atoms with Gasteiger partial charge in [0.1, 0.15) is 0 Å². The molecule has 0 bridgehead atoms. The molecule has 5 rings (SSSR count). The van der Waals surface area contributed by atoms with Gasteiger partial charge in [0.05, 0.1) is 0 Å². The normalized spacial score (nSPS) is 13.3. The molecule has 0 amide bonds. The van der Waals surface area contributed by atoms with Gasteiger partial charge in [-0.2, -0.15) is 6.08 Å². The van der Waals surface area contributed by atoms with Crippen LogP contribution in [0.2, 0.25) is 0 Å². The number of rotatable bonds is 3. The molecule has 0 saturated heterocycles. The molecule has 0 heterocycles. The Kier molecular flexibility index (Phi) is 13.1. The van der Waals surface area contributed by atoms with Crippen molar-refractivity contribution in [1.82, 2.24) is 0 Å². The van der Waals surface area contributed by atoms with Crippen LogP contribution in [0.1, 0.15) is 30.5 Å². The van der Waals surface area contributed by atoms with E-state index in [1.54, 1.807) is 0 Å². The number of hydrogen-bond acceptors (Lipinski definition) is 0. The van der Waals surface area contributed by atoms with E-state index in [0.717, 1.165) is 11.1 Å². The van der Waals surface area contributed by atoms with Crippen molar-refractivity contribution >= 4 is 37.4 Å². The number of hydrogen-bond donors (Lipinski definition) is 0. The third-order valence-electron chi connectivity index (χ3n) is 5.28. The fourth-order valence-electron chi connectivity index (χ4n) is 3.59. The molecule has 0 N–H and O–H groups in total. The van der Waals surface area contributed by atoms with Crippen LogP contribution < -0.4 is 24.8 Å². The van der Waals surface area contributed by atoms with E-state index in [9.17, 15) is 0 Å². The van der Waals surface area contributed by atoms with Crippen LogP contribution >= 0.6 is 0 Å². The van der Waals surface area contributed by atoms with Crippen LogP contribution in [-0.2, 0) is 24.2 Å². The van der Waals surface area contributed by atoms with Gasteiger partial charge in [0.25, 0.3) is 0 Å². The van der Waals surface area contributed by atoms with E-state index >= 15 is 0 Å². The van der Waals surface area contributed by atoms with Crippen molar-refractivity contribution in [3.63, 3.8) is 0 Å². The first-order valence-corrected chi connectivity index (χ1v) is 12.2. The molecular weight excluding hydrogens is 534 g/mol. The maximum atomic E-state index is 3.82. The van der Waals surface area contributed by atoms with Crippen molar-refractivity contribution in [3.05, 3.63) is 126 Å². The van der Waals surface area contributed by atoms with Crippen molar-refractivity contribution in [2.24, 2.45) is 5.92 Å². The molecule has 1 atom stereocenters. The molecule has 0 fully saturated rings. The number of benzene rings is 3. The first-order valence-electron chi connectivity index (χ1n) is 10.8. The van der Waals surface area contributed by atoms with Gasteiger partial charge >= 0.3 is 63.8 Å². The number of fused-ring (bicyclic) bond motifs is 3. The van der Waals surface area contributed by atoms with Crippen molar-refractivity contribution < 1.29 is 49.0 Å². The van der Waals surface area contributed by atoms with Gasteiger partial charge in [0, 0.05) is 0 Å². The Morgan fingerprint density at radius 2 is 1.35 bits per heavy atom. The zero-order valence-electron chi connectivity index (χ0n) is 19.6. The molecule has 172 valence electrons. The predicted octanol–water partition coefficient (Wildman–Crippen LogP) is 2.33. The maximum absolute atomic E-state index is 3.82. The van der Waals surface area contributed by atoms with E-state index in [1.165, 1.54) is 56.9 Å². The van der Waals surface area contributed by atoms with Gasteiger partial charge in [0.15, 0.2) is 0 Å². The fourth-order valence-corrected chi connectivity index (χ4v) is 4.06. The number of allylic oxidation sites excluding steroid dienone is 4. The second kappa shape index (κ2) is 14.9. The van der Waals surface area contributed by atoms with Crippen LogP contribution in [0.25, 0.3) is 33.7 Å². The van der Waals surface area contributed by atoms with Crippen LogP contribution in [0, 0.1) is 12.0 Å². The third kappa shape index (κ3) is 8.24. The first-order chi connectivity index (χ1) is 15.5. The summed E-state index contributed by atoms with van der Waals surface area (Å²) in [4.78, 5) is 0. The summed E-state index contributed by atoms with van der Waals surface area (Å²) < 4.78 is 2.17. The van der Waals surface area contributed by atoms with E-state index in [-0.39, 0.29) is 24.8 Å². The molecule has 1 unspecified atom stereocenters. The molecule has 4 aromatic rings. The van der Waals surface area contributed by atoms with Gasteiger partial charge in [-0.25, -0.2) is 11.6 Å². The third-order valence-corrected chi connectivity index (χ3v) is 6.10. The molecule has 0 aromatic heterocycles. The molecule has 1 aliphatic carbocycles. The summed E-state index contributed by atoms with van der Waals surface area (Å²) in [6.45, 7) is 11.9. The quantitative estimate of drug-likeness (QED) is 0.337. The standard InChI is InChI=1S/C17H13.C7H9.C7H6.2ClH.Zr/c1-3-12-5-7-14-11-15-8-6-13(4-2)10-17(15)16(14)9-12;1-6-3-4-7(2)5-6;1-7-5-3-2-4-6-7;;;/h3-11H,1-2H2;3,5,7H,1-2H3;1-6H;2*1H;/q2*-1;;;;+2/p-2. The summed E-state index contributed by atoms with van der Waals surface area (Å²) in [6.07, 6.45) is 11.1. The van der Waals surface area contributed by atoms with E-state index < -0.39 is 0 Å². The summed E-state index contributed by atoms with van der Waals surface area (Å²) in [5.41, 5.74) is 4.99. The zero-order chi connectivity index (χ0) is 22.9. The van der Waals surface area contributed by atoms with E-state index in [1.807, 2.05) is 24.3 Å². The van der Waals surface area contributed by atoms with Crippen molar-refractivity contribution in [2.45, 2.75) is 13.8 Å². The Bertz CT molecular complexity index is 1230. The molecule has 0 radical (unpaired) electrons. The first kappa shape index (κ1) is 29.9. The van der Waals surface area contributed by atoms with Gasteiger partial charge in [-0.15, -0.1) is 46.7 Å². The van der Waals surface area contributed by atoms with Gasteiger partial charge in [-0.3, -0.25) is 6.08 Å². The Balaban J connectivity index is 0.000000286. The van der Waals surface area contributed by atoms with E-state index in [0.29, 0.717) is 5.92 Å². The molecular formula is C31H28Cl2Zr-2. The molecule has 3 heteroatoms.